The summed E-state index contributed by atoms with van der Waals surface area (Å²) in [6.45, 7) is 8.63. The summed E-state index contributed by atoms with van der Waals surface area (Å²) < 4.78 is 1.45. The summed E-state index contributed by atoms with van der Waals surface area (Å²) in [5.74, 6) is 0. The summed E-state index contributed by atoms with van der Waals surface area (Å²) in [5, 5.41) is 14.0. The van der Waals surface area contributed by atoms with Crippen LogP contribution < -0.4 is 0 Å². The molecule has 0 aromatic heterocycles. The van der Waals surface area contributed by atoms with Gasteiger partial charge in [-0.2, -0.15) is 0 Å². The molecule has 0 atom stereocenters. The fourth-order valence-electron chi connectivity index (χ4n) is 4.03. The third-order valence-electron chi connectivity index (χ3n) is 5.33. The smallest absolute Gasteiger partial charge is 0.211 e. The molecule has 2 aromatic carbocycles. The van der Waals surface area contributed by atoms with Gasteiger partial charge in [-0.3, -0.25) is 0 Å². The first kappa shape index (κ1) is 29.9. The van der Waals surface area contributed by atoms with Crippen molar-refractivity contribution in [1.82, 2.24) is 0 Å². The molecule has 0 saturated heterocycles. The number of hydrogen-bond donors (Lipinski definition) is 2. The molecule has 5 heteroatoms. The van der Waals surface area contributed by atoms with Crippen molar-refractivity contribution in [2.75, 3.05) is 14.2 Å². The van der Waals surface area contributed by atoms with E-state index in [1.54, 1.807) is 0 Å². The van der Waals surface area contributed by atoms with Gasteiger partial charge in [0.25, 0.3) is 0 Å². The van der Waals surface area contributed by atoms with Gasteiger partial charge in [0, 0.05) is 53.0 Å². The van der Waals surface area contributed by atoms with Crippen LogP contribution in [0, 0.1) is 13.8 Å². The number of aryl methyl sites for hydroxylation is 2. The van der Waals surface area contributed by atoms with Gasteiger partial charge in [0.05, 0.1) is 0 Å². The first-order valence-corrected chi connectivity index (χ1v) is 11.1. The molecule has 1 aliphatic heterocycles. The van der Waals surface area contributed by atoms with Crippen molar-refractivity contribution in [3.63, 3.8) is 0 Å². The third kappa shape index (κ3) is 7.23. The van der Waals surface area contributed by atoms with Gasteiger partial charge in [-0.05, 0) is 57.4 Å². The molecule has 2 N–H and O–H groups in total. The summed E-state index contributed by atoms with van der Waals surface area (Å²) in [5.41, 5.74) is 20.4. The molecule has 0 amide bonds. The molecule has 0 spiro atoms. The van der Waals surface area contributed by atoms with Gasteiger partial charge in [-0.25, -0.2) is 4.70 Å². The monoisotopic (exact) mass is 480 g/mol. The molecule has 0 saturated carbocycles. The van der Waals surface area contributed by atoms with E-state index in [2.05, 4.69) is 76.2 Å². The van der Waals surface area contributed by atoms with E-state index < -0.39 is 0 Å². The normalized spacial score (nSPS) is 12.6. The number of benzene rings is 2. The van der Waals surface area contributed by atoms with Gasteiger partial charge in [-0.15, -0.1) is 0 Å². The second kappa shape index (κ2) is 15.7. The van der Waals surface area contributed by atoms with E-state index in [9.17, 15) is 5.53 Å². The van der Waals surface area contributed by atoms with Gasteiger partial charge in [-0.1, -0.05) is 62.1 Å². The Morgan fingerprint density at radius 2 is 1.22 bits per heavy atom. The van der Waals surface area contributed by atoms with E-state index >= 15 is 0 Å². The zero-order valence-corrected chi connectivity index (χ0v) is 21.2. The van der Waals surface area contributed by atoms with Crippen LogP contribution in [-0.4, -0.2) is 29.1 Å². The van der Waals surface area contributed by atoms with Crippen LogP contribution in [0.25, 0.3) is 16.9 Å². The topological polar surface area (TPSA) is 65.8 Å². The van der Waals surface area contributed by atoms with Gasteiger partial charge < -0.3 is 15.7 Å². The molecule has 178 valence electrons. The van der Waals surface area contributed by atoms with Crippen molar-refractivity contribution in [3.8, 4) is 0 Å². The molecule has 0 aliphatic carbocycles. The minimum Gasteiger partial charge on any atom is -0.493 e. The predicted molar refractivity (Wildman–Crippen MR) is 131 cm³/mol. The van der Waals surface area contributed by atoms with Crippen LogP contribution in [0.4, 0.5) is 0 Å². The van der Waals surface area contributed by atoms with Crippen LogP contribution in [0.2, 0.25) is 0 Å². The van der Waals surface area contributed by atoms with Gasteiger partial charge in [0.1, 0.15) is 0 Å². The van der Waals surface area contributed by atoms with Crippen molar-refractivity contribution in [1.29, 1.82) is 0 Å². The summed E-state index contributed by atoms with van der Waals surface area (Å²) in [4.78, 5) is 0. The molecule has 2 aromatic rings. The standard InChI is InChI=1S/C25H30N2.2CH4O.Ni/c1-5-7-8-15-23-22(6-2)24(20-13-9-11-18(3)16-20)27(26)25(23)21-14-10-12-19(4)17-21;2*1-2;/h9-14,16-17H,5-8,15H2,1-4H3;2*2H,1H3;. The second-order valence-electron chi connectivity index (χ2n) is 7.52. The SMILES string of the molecule is CCCCCC1=C(c2cccc(C)c2)[N+](=[N-])C(c2cccc(C)c2)=C1CC.CO.CO.[Ni]. The second-order valence-corrected chi connectivity index (χ2v) is 7.52. The summed E-state index contributed by atoms with van der Waals surface area (Å²) in [7, 11) is 2.00. The Kier molecular flexibility index (Phi) is 14.7. The van der Waals surface area contributed by atoms with Crippen LogP contribution in [-0.2, 0) is 16.5 Å². The molecule has 1 heterocycles. The predicted octanol–water partition coefficient (Wildman–Crippen LogP) is 6.68. The molecule has 32 heavy (non-hydrogen) atoms. The zero-order valence-electron chi connectivity index (χ0n) is 20.3. The van der Waals surface area contributed by atoms with E-state index in [-0.39, 0.29) is 16.5 Å². The Balaban J connectivity index is 0.00000182. The first-order valence-electron chi connectivity index (χ1n) is 11.1. The summed E-state index contributed by atoms with van der Waals surface area (Å²) in [6.07, 6.45) is 5.49. The molecule has 4 nitrogen and oxygen atoms in total. The number of hydrogen-bond acceptors (Lipinski definition) is 2. The fourth-order valence-corrected chi connectivity index (χ4v) is 4.03. The van der Waals surface area contributed by atoms with Crippen molar-refractivity contribution in [2.24, 2.45) is 0 Å². The van der Waals surface area contributed by atoms with Crippen LogP contribution in [0.3, 0.4) is 0 Å². The number of rotatable bonds is 7. The summed E-state index contributed by atoms with van der Waals surface area (Å²) >= 11 is 0. The van der Waals surface area contributed by atoms with Gasteiger partial charge >= 0.3 is 0 Å². The van der Waals surface area contributed by atoms with Gasteiger partial charge in [0.2, 0.25) is 11.4 Å². The van der Waals surface area contributed by atoms with E-state index in [1.165, 1.54) is 39.8 Å². The Hall–Kier alpha value is -2.07. The molecule has 0 bridgehead atoms. The van der Waals surface area contributed by atoms with Crippen molar-refractivity contribution < 1.29 is 31.4 Å². The minimum atomic E-state index is 0. The first-order chi connectivity index (χ1) is 15.1. The van der Waals surface area contributed by atoms with Crippen LogP contribution in [0.15, 0.2) is 59.7 Å². The maximum atomic E-state index is 11.3. The number of aliphatic hydroxyl groups excluding tert-OH is 2. The average Bonchev–Trinajstić information content (AvgIpc) is 3.08. The van der Waals surface area contributed by atoms with Crippen molar-refractivity contribution in [2.45, 2.75) is 59.8 Å². The van der Waals surface area contributed by atoms with Crippen molar-refractivity contribution >= 4 is 11.4 Å². The Labute approximate surface area is 204 Å². The van der Waals surface area contributed by atoms with E-state index in [4.69, 9.17) is 10.2 Å². The fraction of sp³-hybridized carbons (Fsp3) is 0.407. The van der Waals surface area contributed by atoms with Crippen molar-refractivity contribution in [3.05, 3.63) is 87.5 Å². The molecule has 0 unspecified atom stereocenters. The van der Waals surface area contributed by atoms with E-state index in [0.29, 0.717) is 0 Å². The maximum Gasteiger partial charge on any atom is 0.211 e. The van der Waals surface area contributed by atoms with Crippen LogP contribution in [0.5, 0.6) is 0 Å². The molecular weight excluding hydrogens is 443 g/mol. The van der Waals surface area contributed by atoms with E-state index in [0.717, 1.165) is 56.0 Å². The average molecular weight is 481 g/mol. The van der Waals surface area contributed by atoms with Gasteiger partial charge in [0.15, 0.2) is 0 Å². The van der Waals surface area contributed by atoms with Crippen LogP contribution >= 0.6 is 0 Å². The minimum absolute atomic E-state index is 0. The Morgan fingerprint density at radius 1 is 0.750 bits per heavy atom. The molecule has 1 aliphatic rings. The summed E-state index contributed by atoms with van der Waals surface area (Å²) in [6, 6.07) is 16.9. The number of nitrogens with zero attached hydrogens (tertiary/aromatic N) is 2. The Bertz CT molecular complexity index is 933. The molecule has 3 rings (SSSR count). The quantitative estimate of drug-likeness (QED) is 0.263. The number of aliphatic hydroxyl groups is 2. The maximum absolute atomic E-state index is 11.3. The zero-order chi connectivity index (χ0) is 23.4. The molecule has 0 radical (unpaired) electrons. The molecular formula is C27H38N2NiO2. The number of allylic oxidation sites excluding steroid dienone is 2. The third-order valence-corrected chi connectivity index (χ3v) is 5.33. The largest absolute Gasteiger partial charge is 0.493 e. The van der Waals surface area contributed by atoms with Crippen LogP contribution in [0.1, 0.15) is 68.2 Å². The Morgan fingerprint density at radius 3 is 1.62 bits per heavy atom. The molecule has 0 fully saturated rings. The number of unbranched alkanes of at least 4 members (excludes halogenated alkanes) is 2. The van der Waals surface area contributed by atoms with E-state index in [1.807, 2.05) is 0 Å².